The van der Waals surface area contributed by atoms with Crippen LogP contribution in [0, 0.1) is 16.3 Å². The van der Waals surface area contributed by atoms with Crippen LogP contribution in [-0.2, 0) is 6.54 Å². The second-order valence-corrected chi connectivity index (χ2v) is 9.13. The fourth-order valence-electron chi connectivity index (χ4n) is 3.19. The second-order valence-electron chi connectivity index (χ2n) is 6.86. The maximum Gasteiger partial charge on any atom is 0.398 e. The van der Waals surface area contributed by atoms with Gasteiger partial charge in [0.05, 0.1) is 11.4 Å². The Morgan fingerprint density at radius 1 is 1.04 bits per heavy atom. The second kappa shape index (κ2) is 9.21. The summed E-state index contributed by atoms with van der Waals surface area (Å²) in [4.78, 5) is 4.72. The Hall–Kier alpha value is -1.00. The average Bonchev–Trinajstić information content (AvgIpc) is 2.63. The largest absolute Gasteiger partial charge is 0.398 e. The first-order valence-corrected chi connectivity index (χ1v) is 11.0. The topological polar surface area (TPSA) is 6.48 Å². The van der Waals surface area contributed by atoms with Crippen LogP contribution >= 0.6 is 34.4 Å². The Kier molecular flexibility index (Phi) is 7.14. The number of rotatable bonds is 5. The van der Waals surface area contributed by atoms with Crippen LogP contribution in [0.5, 0.6) is 0 Å². The van der Waals surface area contributed by atoms with Gasteiger partial charge >= 0.3 is 6.18 Å². The molecule has 0 amide bonds. The maximum atomic E-state index is 14.5. The van der Waals surface area contributed by atoms with Crippen molar-refractivity contribution >= 4 is 40.0 Å². The third-order valence-corrected chi connectivity index (χ3v) is 6.61. The summed E-state index contributed by atoms with van der Waals surface area (Å²) in [5.74, 6) is -1.34. The van der Waals surface area contributed by atoms with Crippen molar-refractivity contribution in [2.75, 3.05) is 36.8 Å². The van der Waals surface area contributed by atoms with Gasteiger partial charge < -0.3 is 4.90 Å². The molecule has 1 aliphatic heterocycles. The molecule has 3 rings (SSSR count). The minimum absolute atomic E-state index is 0.375. The molecule has 1 aliphatic rings. The predicted molar refractivity (Wildman–Crippen MR) is 115 cm³/mol. The molecule has 0 aromatic heterocycles. The minimum Gasteiger partial charge on any atom is -0.367 e. The molecule has 0 spiro atoms. The molecule has 0 N–H and O–H groups in total. The molecule has 0 atom stereocenters. The normalized spacial score (nSPS) is 15.9. The van der Waals surface area contributed by atoms with Crippen LogP contribution in [0.4, 0.5) is 23.2 Å². The lowest BCUT2D eigenvalue weighted by molar-refractivity contribution is -0.105. The standard InChI is InChI=1S/C20H21F4IN2S/c1-14-10-17(21)18(11-19(14)28-13-20(22,23)24)27-8-6-26(7-9-27)12-15-2-4-16(25)5-3-15/h2-5,10-11H,6-9,12-13H2,1H3. The zero-order valence-corrected chi connectivity index (χ0v) is 18.4. The van der Waals surface area contributed by atoms with Crippen LogP contribution in [-0.4, -0.2) is 43.0 Å². The highest BCUT2D eigenvalue weighted by Crippen LogP contribution is 2.34. The number of benzene rings is 2. The number of hydrogen-bond acceptors (Lipinski definition) is 3. The molecule has 1 saturated heterocycles. The Bertz CT molecular complexity index is 803. The van der Waals surface area contributed by atoms with Crippen molar-refractivity contribution in [3.05, 3.63) is 56.9 Å². The predicted octanol–water partition coefficient (Wildman–Crippen LogP) is 5.72. The van der Waals surface area contributed by atoms with Crippen molar-refractivity contribution in [2.24, 2.45) is 0 Å². The van der Waals surface area contributed by atoms with Crippen LogP contribution in [0.15, 0.2) is 41.3 Å². The van der Waals surface area contributed by atoms with Crippen molar-refractivity contribution in [2.45, 2.75) is 24.5 Å². The van der Waals surface area contributed by atoms with Gasteiger partial charge in [0.25, 0.3) is 0 Å². The van der Waals surface area contributed by atoms with E-state index >= 15 is 0 Å². The first-order chi connectivity index (χ1) is 13.2. The third-order valence-electron chi connectivity index (χ3n) is 4.67. The van der Waals surface area contributed by atoms with E-state index in [2.05, 4.69) is 51.8 Å². The van der Waals surface area contributed by atoms with Crippen molar-refractivity contribution in [3.63, 3.8) is 0 Å². The first-order valence-electron chi connectivity index (χ1n) is 8.93. The van der Waals surface area contributed by atoms with Gasteiger partial charge in [0, 0.05) is 41.2 Å². The number of hydrogen-bond donors (Lipinski definition) is 0. The molecule has 1 fully saturated rings. The van der Waals surface area contributed by atoms with E-state index < -0.39 is 11.9 Å². The highest BCUT2D eigenvalue weighted by atomic mass is 127. The lowest BCUT2D eigenvalue weighted by Crippen LogP contribution is -2.46. The Labute approximate surface area is 180 Å². The van der Waals surface area contributed by atoms with Gasteiger partial charge in [0.1, 0.15) is 5.82 Å². The molecule has 2 aromatic carbocycles. The maximum absolute atomic E-state index is 14.5. The lowest BCUT2D eigenvalue weighted by Gasteiger charge is -2.36. The molecule has 0 unspecified atom stereocenters. The van der Waals surface area contributed by atoms with Crippen LogP contribution < -0.4 is 4.90 Å². The highest BCUT2D eigenvalue weighted by molar-refractivity contribution is 14.1. The van der Waals surface area contributed by atoms with Crippen LogP contribution in [0.1, 0.15) is 11.1 Å². The Morgan fingerprint density at radius 3 is 2.29 bits per heavy atom. The van der Waals surface area contributed by atoms with E-state index in [-0.39, 0.29) is 5.82 Å². The number of nitrogens with zero attached hydrogens (tertiary/aromatic N) is 2. The lowest BCUT2D eigenvalue weighted by atomic mass is 10.1. The molecule has 2 aromatic rings. The molecule has 0 bridgehead atoms. The summed E-state index contributed by atoms with van der Waals surface area (Å²) in [7, 11) is 0. The van der Waals surface area contributed by atoms with Crippen LogP contribution in [0.2, 0.25) is 0 Å². The molecule has 28 heavy (non-hydrogen) atoms. The third kappa shape index (κ3) is 6.00. The quantitative estimate of drug-likeness (QED) is 0.281. The summed E-state index contributed by atoms with van der Waals surface area (Å²) in [6.45, 7) is 5.34. The van der Waals surface area contributed by atoms with Gasteiger partial charge in [0.2, 0.25) is 0 Å². The SMILES string of the molecule is Cc1cc(F)c(N2CCN(Cc3ccc(I)cc3)CC2)cc1SCC(F)(F)F. The van der Waals surface area contributed by atoms with Crippen molar-refractivity contribution in [1.29, 1.82) is 0 Å². The monoisotopic (exact) mass is 524 g/mol. The van der Waals surface area contributed by atoms with E-state index in [1.807, 2.05) is 4.90 Å². The zero-order valence-electron chi connectivity index (χ0n) is 15.4. The summed E-state index contributed by atoms with van der Waals surface area (Å²) >= 11 is 2.99. The fraction of sp³-hybridized carbons (Fsp3) is 0.400. The van der Waals surface area contributed by atoms with Gasteiger partial charge in [-0.15, -0.1) is 11.8 Å². The van der Waals surface area contributed by atoms with Gasteiger partial charge in [-0.25, -0.2) is 4.39 Å². The molecule has 0 saturated carbocycles. The molecule has 152 valence electrons. The van der Waals surface area contributed by atoms with Gasteiger partial charge in [-0.1, -0.05) is 12.1 Å². The minimum atomic E-state index is -4.24. The van der Waals surface area contributed by atoms with Gasteiger partial charge in [-0.3, -0.25) is 4.90 Å². The van der Waals surface area contributed by atoms with E-state index in [1.165, 1.54) is 15.2 Å². The average molecular weight is 524 g/mol. The zero-order chi connectivity index (χ0) is 20.3. The molecular formula is C20H21F4IN2S. The van der Waals surface area contributed by atoms with Crippen LogP contribution in [0.3, 0.4) is 0 Å². The number of thioether (sulfide) groups is 1. The fourth-order valence-corrected chi connectivity index (χ4v) is 4.35. The van der Waals surface area contributed by atoms with Gasteiger partial charge in [0.15, 0.2) is 0 Å². The molecule has 8 heteroatoms. The summed E-state index contributed by atoms with van der Waals surface area (Å²) in [5.41, 5.74) is 2.17. The highest BCUT2D eigenvalue weighted by Gasteiger charge is 2.28. The van der Waals surface area contributed by atoms with E-state index in [0.29, 0.717) is 41.0 Å². The van der Waals surface area contributed by atoms with E-state index in [4.69, 9.17) is 0 Å². The van der Waals surface area contributed by atoms with Crippen molar-refractivity contribution in [3.8, 4) is 0 Å². The molecule has 2 nitrogen and oxygen atoms in total. The van der Waals surface area contributed by atoms with E-state index in [0.717, 1.165) is 19.6 Å². The number of piperazine rings is 1. The number of anilines is 1. The van der Waals surface area contributed by atoms with Crippen LogP contribution in [0.25, 0.3) is 0 Å². The Morgan fingerprint density at radius 2 is 1.68 bits per heavy atom. The summed E-state index contributed by atoms with van der Waals surface area (Å²) in [6, 6.07) is 11.3. The summed E-state index contributed by atoms with van der Waals surface area (Å²) in [6.07, 6.45) is -4.24. The molecule has 0 aliphatic carbocycles. The molecule has 1 heterocycles. The molecule has 0 radical (unpaired) electrons. The summed E-state index contributed by atoms with van der Waals surface area (Å²) in [5, 5.41) is 0. The Balaban J connectivity index is 1.63. The van der Waals surface area contributed by atoms with Crippen molar-refractivity contribution < 1.29 is 17.6 Å². The number of aryl methyl sites for hydroxylation is 1. The number of alkyl halides is 3. The van der Waals surface area contributed by atoms with Gasteiger partial charge in [-0.2, -0.15) is 13.2 Å². The van der Waals surface area contributed by atoms with E-state index in [1.54, 1.807) is 13.0 Å². The van der Waals surface area contributed by atoms with Crippen molar-refractivity contribution in [1.82, 2.24) is 4.90 Å². The van der Waals surface area contributed by atoms with E-state index in [9.17, 15) is 17.6 Å². The first kappa shape index (κ1) is 21.7. The molecular weight excluding hydrogens is 503 g/mol. The smallest absolute Gasteiger partial charge is 0.367 e. The van der Waals surface area contributed by atoms with Gasteiger partial charge in [-0.05, 0) is 64.9 Å². The number of halogens is 5. The summed E-state index contributed by atoms with van der Waals surface area (Å²) < 4.78 is 53.3.